The highest BCUT2D eigenvalue weighted by Crippen LogP contribution is 2.50. The molecule has 5 nitrogen and oxygen atoms in total. The Morgan fingerprint density at radius 2 is 1.50 bits per heavy atom. The fourth-order valence-corrected chi connectivity index (χ4v) is 6.42. The van der Waals surface area contributed by atoms with Gasteiger partial charge in [-0.2, -0.15) is 0 Å². The lowest BCUT2D eigenvalue weighted by atomic mass is 9.85. The number of amides is 1. The maximum absolute atomic E-state index is 13.3. The topological polar surface area (TPSA) is 58.8 Å². The van der Waals surface area contributed by atoms with Crippen molar-refractivity contribution in [1.82, 2.24) is 9.80 Å². The van der Waals surface area contributed by atoms with E-state index >= 15 is 0 Å². The van der Waals surface area contributed by atoms with Crippen LogP contribution in [-0.2, 0) is 9.53 Å². The van der Waals surface area contributed by atoms with Crippen LogP contribution in [0.4, 0.5) is 0 Å². The van der Waals surface area contributed by atoms with Crippen molar-refractivity contribution >= 4 is 5.91 Å². The van der Waals surface area contributed by atoms with Crippen LogP contribution in [0.2, 0.25) is 0 Å². The average molecular weight is 512 g/mol. The molecule has 1 aliphatic carbocycles. The molecule has 5 rings (SSSR count). The van der Waals surface area contributed by atoms with E-state index in [4.69, 9.17) is 10.5 Å². The van der Waals surface area contributed by atoms with E-state index in [0.717, 1.165) is 68.4 Å². The molecule has 0 spiro atoms. The molecule has 0 aromatic heterocycles. The summed E-state index contributed by atoms with van der Waals surface area (Å²) in [5, 5.41) is 0. The minimum Gasteiger partial charge on any atom is -0.466 e. The fraction of sp³-hybridized carbons (Fsp3) is 0.424. The molecule has 1 unspecified atom stereocenters. The zero-order chi connectivity index (χ0) is 26.9. The van der Waals surface area contributed by atoms with Gasteiger partial charge in [-0.15, -0.1) is 0 Å². The summed E-state index contributed by atoms with van der Waals surface area (Å²) in [6.45, 7) is 12.7. The van der Waals surface area contributed by atoms with Crippen molar-refractivity contribution in [3.63, 3.8) is 0 Å². The van der Waals surface area contributed by atoms with E-state index in [1.807, 2.05) is 19.1 Å². The first-order valence-corrected chi connectivity index (χ1v) is 13.9. The van der Waals surface area contributed by atoms with Gasteiger partial charge in [0, 0.05) is 67.3 Å². The number of benzene rings is 2. The molecule has 2 N–H and O–H groups in total. The lowest BCUT2D eigenvalue weighted by Gasteiger charge is -2.39. The van der Waals surface area contributed by atoms with Gasteiger partial charge in [-0.3, -0.25) is 9.69 Å². The molecular weight excluding hydrogens is 470 g/mol. The largest absolute Gasteiger partial charge is 0.466 e. The third kappa shape index (κ3) is 5.17. The first-order chi connectivity index (χ1) is 18.3. The molecule has 2 aliphatic heterocycles. The molecule has 2 aromatic carbocycles. The van der Waals surface area contributed by atoms with Gasteiger partial charge >= 0.3 is 0 Å². The molecule has 1 atom stereocenters. The van der Waals surface area contributed by atoms with Crippen LogP contribution < -0.4 is 5.73 Å². The maximum atomic E-state index is 13.3. The molecule has 0 saturated carbocycles. The van der Waals surface area contributed by atoms with Crippen molar-refractivity contribution in [2.75, 3.05) is 32.7 Å². The Labute approximate surface area is 227 Å². The van der Waals surface area contributed by atoms with Crippen LogP contribution in [0.25, 0.3) is 0 Å². The number of carbonyl (C=O) groups is 1. The quantitative estimate of drug-likeness (QED) is 0.498. The number of rotatable bonds is 7. The van der Waals surface area contributed by atoms with Gasteiger partial charge in [-0.1, -0.05) is 67.6 Å². The number of nitrogens with two attached hydrogens (primary N) is 1. The van der Waals surface area contributed by atoms with E-state index in [-0.39, 0.29) is 17.2 Å². The van der Waals surface area contributed by atoms with Crippen LogP contribution in [0, 0.1) is 5.41 Å². The molecule has 200 valence electrons. The van der Waals surface area contributed by atoms with Crippen LogP contribution in [0.5, 0.6) is 0 Å². The highest BCUT2D eigenvalue weighted by Gasteiger charge is 2.43. The fourth-order valence-electron chi connectivity index (χ4n) is 6.42. The number of carbonyl (C=O) groups excluding carboxylic acids is 1. The summed E-state index contributed by atoms with van der Waals surface area (Å²) >= 11 is 0. The van der Waals surface area contributed by atoms with E-state index in [2.05, 4.69) is 79.1 Å². The van der Waals surface area contributed by atoms with Crippen LogP contribution in [0.15, 0.2) is 94.6 Å². The van der Waals surface area contributed by atoms with Crippen molar-refractivity contribution in [3.8, 4) is 0 Å². The molecule has 3 aliphatic rings. The zero-order valence-electron chi connectivity index (χ0n) is 23.3. The number of allylic oxidation sites excluding steroid dienone is 5. The lowest BCUT2D eigenvalue weighted by Crippen LogP contribution is -2.51. The first-order valence-electron chi connectivity index (χ1n) is 13.9. The molecule has 2 aromatic rings. The molecule has 1 amide bonds. The summed E-state index contributed by atoms with van der Waals surface area (Å²) in [6, 6.07) is 21.1. The Balaban J connectivity index is 1.19. The summed E-state index contributed by atoms with van der Waals surface area (Å²) in [5.74, 6) is 2.42. The number of nitrogens with zero attached hydrogens (tertiary/aromatic N) is 2. The first kappa shape index (κ1) is 26.3. The minimum atomic E-state index is -0.119. The predicted molar refractivity (Wildman–Crippen MR) is 153 cm³/mol. The van der Waals surface area contributed by atoms with Crippen LogP contribution >= 0.6 is 0 Å². The van der Waals surface area contributed by atoms with Crippen molar-refractivity contribution in [1.29, 1.82) is 0 Å². The number of ether oxygens (including phenoxy) is 1. The summed E-state index contributed by atoms with van der Waals surface area (Å²) < 4.78 is 5.99. The normalized spacial score (nSPS) is 22.3. The third-order valence-corrected chi connectivity index (χ3v) is 8.77. The summed E-state index contributed by atoms with van der Waals surface area (Å²) in [6.07, 6.45) is 2.28. The Kier molecular flexibility index (Phi) is 7.49. The zero-order valence-corrected chi connectivity index (χ0v) is 23.3. The second-order valence-electron chi connectivity index (χ2n) is 11.4. The SMILES string of the molecule is CC1=C(C)C2=C(N)C(C)(CN3CCN(C(=O)CCC(c4ccccc4)c4ccccc4)CC3)CC2=C(C)O1. The van der Waals surface area contributed by atoms with Gasteiger partial charge in [-0.25, -0.2) is 0 Å². The second kappa shape index (κ2) is 10.8. The third-order valence-electron chi connectivity index (χ3n) is 8.77. The highest BCUT2D eigenvalue weighted by atomic mass is 16.5. The molecule has 38 heavy (non-hydrogen) atoms. The van der Waals surface area contributed by atoms with Gasteiger partial charge in [0.15, 0.2) is 0 Å². The Hall–Kier alpha value is -3.31. The molecule has 1 saturated heterocycles. The summed E-state index contributed by atoms with van der Waals surface area (Å²) in [4.78, 5) is 17.8. The van der Waals surface area contributed by atoms with E-state index in [9.17, 15) is 4.79 Å². The Bertz CT molecular complexity index is 1230. The smallest absolute Gasteiger partial charge is 0.222 e. The van der Waals surface area contributed by atoms with Gasteiger partial charge in [0.1, 0.15) is 11.5 Å². The maximum Gasteiger partial charge on any atom is 0.222 e. The van der Waals surface area contributed by atoms with Crippen molar-refractivity contribution in [2.45, 2.75) is 52.9 Å². The Morgan fingerprint density at radius 3 is 2.08 bits per heavy atom. The van der Waals surface area contributed by atoms with Gasteiger partial charge in [0.2, 0.25) is 5.91 Å². The Morgan fingerprint density at radius 1 is 0.921 bits per heavy atom. The summed E-state index contributed by atoms with van der Waals surface area (Å²) in [7, 11) is 0. The standard InChI is InChI=1S/C33H41N3O2/c1-23-24(2)38-25(3)29-21-33(4,32(34)31(23)29)22-35-17-19-36(20-18-35)30(37)16-15-28(26-11-7-5-8-12-26)27-13-9-6-10-14-27/h5-14,28H,15-22,34H2,1-4H3. The van der Waals surface area contributed by atoms with E-state index in [0.29, 0.717) is 6.42 Å². The number of hydrogen-bond donors (Lipinski definition) is 1. The second-order valence-corrected chi connectivity index (χ2v) is 11.4. The highest BCUT2D eigenvalue weighted by molar-refractivity contribution is 5.76. The van der Waals surface area contributed by atoms with Crippen molar-refractivity contribution < 1.29 is 9.53 Å². The van der Waals surface area contributed by atoms with Gasteiger partial charge in [0.05, 0.1) is 0 Å². The molecule has 5 heteroatoms. The number of piperazine rings is 1. The molecule has 0 bridgehead atoms. The number of hydrogen-bond acceptors (Lipinski definition) is 4. The molecular formula is C33H41N3O2. The van der Waals surface area contributed by atoms with Gasteiger partial charge < -0.3 is 15.4 Å². The van der Waals surface area contributed by atoms with Crippen LogP contribution in [0.1, 0.15) is 64.0 Å². The monoisotopic (exact) mass is 511 g/mol. The number of fused-ring (bicyclic) bond motifs is 1. The van der Waals surface area contributed by atoms with E-state index in [1.54, 1.807) is 0 Å². The van der Waals surface area contributed by atoms with Crippen molar-refractivity contribution in [2.24, 2.45) is 11.1 Å². The van der Waals surface area contributed by atoms with E-state index < -0.39 is 0 Å². The van der Waals surface area contributed by atoms with E-state index in [1.165, 1.54) is 22.3 Å². The lowest BCUT2D eigenvalue weighted by molar-refractivity contribution is -0.133. The summed E-state index contributed by atoms with van der Waals surface area (Å²) in [5.41, 5.74) is 13.8. The minimum absolute atomic E-state index is 0.119. The van der Waals surface area contributed by atoms with Crippen LogP contribution in [-0.4, -0.2) is 48.4 Å². The molecule has 1 fully saturated rings. The van der Waals surface area contributed by atoms with Crippen molar-refractivity contribution in [3.05, 3.63) is 106 Å². The van der Waals surface area contributed by atoms with Crippen LogP contribution in [0.3, 0.4) is 0 Å². The molecule has 0 radical (unpaired) electrons. The average Bonchev–Trinajstić information content (AvgIpc) is 3.19. The molecule has 2 heterocycles. The van der Waals surface area contributed by atoms with Gasteiger partial charge in [0.25, 0.3) is 0 Å². The predicted octanol–water partition coefficient (Wildman–Crippen LogP) is 5.96. The van der Waals surface area contributed by atoms with Gasteiger partial charge in [-0.05, 0) is 50.3 Å².